The van der Waals surface area contributed by atoms with E-state index in [1.54, 1.807) is 0 Å². The highest BCUT2D eigenvalue weighted by Gasteiger charge is 2.17. The SMILES string of the molecule is C#CCSc1nnc(CNC(=O)c2ccc(S(=O)(=O)N(C)C)cc2)o1. The van der Waals surface area contributed by atoms with Crippen LogP contribution in [0.4, 0.5) is 0 Å². The van der Waals surface area contributed by atoms with Gasteiger partial charge in [-0.15, -0.1) is 16.6 Å². The lowest BCUT2D eigenvalue weighted by molar-refractivity contribution is 0.0946. The van der Waals surface area contributed by atoms with Gasteiger partial charge in [0.25, 0.3) is 11.1 Å². The minimum atomic E-state index is -3.53. The number of sulfonamides is 1. The molecule has 132 valence electrons. The molecule has 0 aliphatic carbocycles. The molecule has 1 aromatic heterocycles. The minimum absolute atomic E-state index is 0.0557. The lowest BCUT2D eigenvalue weighted by atomic mass is 10.2. The van der Waals surface area contributed by atoms with Gasteiger partial charge in [-0.25, -0.2) is 12.7 Å². The molecule has 1 N–H and O–H groups in total. The molecule has 0 aliphatic heterocycles. The zero-order chi connectivity index (χ0) is 18.4. The zero-order valence-corrected chi connectivity index (χ0v) is 15.2. The van der Waals surface area contributed by atoms with Crippen molar-refractivity contribution in [2.75, 3.05) is 19.8 Å². The van der Waals surface area contributed by atoms with E-state index < -0.39 is 10.0 Å². The van der Waals surface area contributed by atoms with Gasteiger partial charge in [-0.05, 0) is 24.3 Å². The Morgan fingerprint density at radius 2 is 2.00 bits per heavy atom. The van der Waals surface area contributed by atoms with Gasteiger partial charge in [-0.2, -0.15) is 0 Å². The highest BCUT2D eigenvalue weighted by Crippen LogP contribution is 2.16. The molecule has 1 amide bonds. The maximum absolute atomic E-state index is 12.1. The first-order valence-electron chi connectivity index (χ1n) is 7.04. The minimum Gasteiger partial charge on any atom is -0.414 e. The summed E-state index contributed by atoms with van der Waals surface area (Å²) in [5, 5.41) is 10.5. The summed E-state index contributed by atoms with van der Waals surface area (Å²) in [6, 6.07) is 5.64. The van der Waals surface area contributed by atoms with Crippen molar-refractivity contribution in [3.63, 3.8) is 0 Å². The Labute approximate surface area is 150 Å². The second-order valence-electron chi connectivity index (χ2n) is 4.95. The number of amides is 1. The molecule has 2 rings (SSSR count). The molecule has 0 spiro atoms. The zero-order valence-electron chi connectivity index (χ0n) is 13.6. The number of benzene rings is 1. The molecule has 0 saturated heterocycles. The van der Waals surface area contributed by atoms with E-state index in [0.29, 0.717) is 16.5 Å². The van der Waals surface area contributed by atoms with E-state index >= 15 is 0 Å². The summed E-state index contributed by atoms with van der Waals surface area (Å²) in [6.45, 7) is 0.0557. The predicted molar refractivity (Wildman–Crippen MR) is 92.3 cm³/mol. The van der Waals surface area contributed by atoms with Gasteiger partial charge < -0.3 is 9.73 Å². The molecule has 1 heterocycles. The Hall–Kier alpha value is -2.35. The molecule has 10 heteroatoms. The molecule has 0 unspecified atom stereocenters. The van der Waals surface area contributed by atoms with Crippen LogP contribution in [0.3, 0.4) is 0 Å². The Morgan fingerprint density at radius 1 is 1.32 bits per heavy atom. The number of rotatable bonds is 7. The van der Waals surface area contributed by atoms with E-state index in [1.807, 2.05) is 0 Å². The van der Waals surface area contributed by atoms with Gasteiger partial charge in [0.1, 0.15) is 0 Å². The van der Waals surface area contributed by atoms with Crippen LogP contribution in [0.15, 0.2) is 38.8 Å². The van der Waals surface area contributed by atoms with Crippen molar-refractivity contribution in [3.05, 3.63) is 35.7 Å². The molecule has 0 bridgehead atoms. The summed E-state index contributed by atoms with van der Waals surface area (Å²) in [5.74, 6) is 2.72. The second-order valence-corrected chi connectivity index (χ2v) is 8.03. The van der Waals surface area contributed by atoms with Crippen LogP contribution < -0.4 is 5.32 Å². The van der Waals surface area contributed by atoms with E-state index in [9.17, 15) is 13.2 Å². The van der Waals surface area contributed by atoms with Gasteiger partial charge in [-0.3, -0.25) is 4.79 Å². The largest absolute Gasteiger partial charge is 0.414 e. The number of nitrogens with zero attached hydrogens (tertiary/aromatic N) is 3. The monoisotopic (exact) mass is 380 g/mol. The number of hydrogen-bond donors (Lipinski definition) is 1. The van der Waals surface area contributed by atoms with Crippen LogP contribution in [-0.2, 0) is 16.6 Å². The summed E-state index contributed by atoms with van der Waals surface area (Å²) < 4.78 is 30.4. The number of thioether (sulfide) groups is 1. The normalized spacial score (nSPS) is 11.3. The van der Waals surface area contributed by atoms with Crippen molar-refractivity contribution in [2.45, 2.75) is 16.7 Å². The molecule has 0 saturated carbocycles. The van der Waals surface area contributed by atoms with Gasteiger partial charge in [0, 0.05) is 19.7 Å². The average molecular weight is 380 g/mol. The molecule has 0 fully saturated rings. The van der Waals surface area contributed by atoms with Crippen molar-refractivity contribution < 1.29 is 17.6 Å². The lowest BCUT2D eigenvalue weighted by Gasteiger charge is -2.11. The van der Waals surface area contributed by atoms with Crippen molar-refractivity contribution in [3.8, 4) is 12.3 Å². The third-order valence-electron chi connectivity index (χ3n) is 3.02. The molecule has 0 atom stereocenters. The quantitative estimate of drug-likeness (QED) is 0.564. The highest BCUT2D eigenvalue weighted by molar-refractivity contribution is 7.99. The van der Waals surface area contributed by atoms with Crippen molar-refractivity contribution >= 4 is 27.7 Å². The van der Waals surface area contributed by atoms with E-state index in [1.165, 1.54) is 50.1 Å². The number of hydrogen-bond acceptors (Lipinski definition) is 7. The topological polar surface area (TPSA) is 105 Å². The van der Waals surface area contributed by atoms with Crippen molar-refractivity contribution in [1.82, 2.24) is 19.8 Å². The van der Waals surface area contributed by atoms with Gasteiger partial charge in [-0.1, -0.05) is 17.7 Å². The maximum Gasteiger partial charge on any atom is 0.277 e. The first kappa shape index (κ1) is 19.0. The Balaban J connectivity index is 1.97. The smallest absolute Gasteiger partial charge is 0.277 e. The van der Waals surface area contributed by atoms with Crippen molar-refractivity contribution in [2.24, 2.45) is 0 Å². The van der Waals surface area contributed by atoms with Crippen LogP contribution in [-0.4, -0.2) is 48.7 Å². The first-order chi connectivity index (χ1) is 11.8. The highest BCUT2D eigenvalue weighted by atomic mass is 32.2. The van der Waals surface area contributed by atoms with Crippen LogP contribution in [0.1, 0.15) is 16.2 Å². The van der Waals surface area contributed by atoms with Gasteiger partial charge >= 0.3 is 0 Å². The summed E-state index contributed by atoms with van der Waals surface area (Å²) >= 11 is 1.23. The fraction of sp³-hybridized carbons (Fsp3) is 0.267. The van der Waals surface area contributed by atoms with Crippen LogP contribution in [0.25, 0.3) is 0 Å². The first-order valence-corrected chi connectivity index (χ1v) is 9.46. The third-order valence-corrected chi connectivity index (χ3v) is 5.57. The number of aromatic nitrogens is 2. The van der Waals surface area contributed by atoms with E-state index in [2.05, 4.69) is 21.4 Å². The molecule has 8 nitrogen and oxygen atoms in total. The van der Waals surface area contributed by atoms with Gasteiger partial charge in [0.2, 0.25) is 15.9 Å². The Morgan fingerprint density at radius 3 is 2.60 bits per heavy atom. The van der Waals surface area contributed by atoms with Crippen LogP contribution in [0.2, 0.25) is 0 Å². The van der Waals surface area contributed by atoms with Crippen molar-refractivity contribution in [1.29, 1.82) is 0 Å². The second kappa shape index (κ2) is 8.15. The van der Waals surface area contributed by atoms with E-state index in [4.69, 9.17) is 10.8 Å². The molecule has 1 aromatic carbocycles. The lowest BCUT2D eigenvalue weighted by Crippen LogP contribution is -2.24. The molecule has 0 aliphatic rings. The fourth-order valence-corrected chi connectivity index (χ4v) is 3.08. The third kappa shape index (κ3) is 4.82. The molecule has 2 aromatic rings. The number of carbonyl (C=O) groups is 1. The van der Waals surface area contributed by atoms with Crippen LogP contribution >= 0.6 is 11.8 Å². The average Bonchev–Trinajstić information content (AvgIpc) is 3.05. The molecule has 25 heavy (non-hydrogen) atoms. The Kier molecular flexibility index (Phi) is 6.19. The van der Waals surface area contributed by atoms with E-state index in [0.717, 1.165) is 4.31 Å². The fourth-order valence-electron chi connectivity index (χ4n) is 1.72. The molecular formula is C15H16N4O4S2. The summed E-state index contributed by atoms with van der Waals surface area (Å²) in [4.78, 5) is 12.2. The number of carbonyl (C=O) groups excluding carboxylic acids is 1. The van der Waals surface area contributed by atoms with Crippen LogP contribution in [0.5, 0.6) is 0 Å². The predicted octanol–water partition coefficient (Wildman–Crippen LogP) is 0.975. The Bertz CT molecular complexity index is 883. The van der Waals surface area contributed by atoms with E-state index in [-0.39, 0.29) is 23.2 Å². The molecule has 0 radical (unpaired) electrons. The van der Waals surface area contributed by atoms with Gasteiger partial charge in [0.15, 0.2) is 0 Å². The summed E-state index contributed by atoms with van der Waals surface area (Å²) in [7, 11) is -0.646. The maximum atomic E-state index is 12.1. The van der Waals surface area contributed by atoms with Crippen LogP contribution in [0, 0.1) is 12.3 Å². The summed E-state index contributed by atoms with van der Waals surface area (Å²) in [5.41, 5.74) is 0.319. The molecular weight excluding hydrogens is 364 g/mol. The summed E-state index contributed by atoms with van der Waals surface area (Å²) in [6.07, 6.45) is 5.14. The number of terminal acetylenes is 1. The standard InChI is InChI=1S/C15H16N4O4S2/c1-4-9-24-15-18-17-13(23-15)10-16-14(20)11-5-7-12(8-6-11)25(21,22)19(2)3/h1,5-8H,9-10H2,2-3H3,(H,16,20). The number of nitrogens with one attached hydrogen (secondary N) is 1. The van der Waals surface area contributed by atoms with Gasteiger partial charge in [0.05, 0.1) is 17.2 Å².